The van der Waals surface area contributed by atoms with Crippen molar-refractivity contribution in [1.82, 2.24) is 39.0 Å². The van der Waals surface area contributed by atoms with Crippen LogP contribution in [0, 0.1) is 0 Å². The van der Waals surface area contributed by atoms with E-state index < -0.39 is 0 Å². The van der Waals surface area contributed by atoms with Crippen LogP contribution >= 0.6 is 22.7 Å². The molecule has 18 aromatic carbocycles. The quantitative estimate of drug-likeness (QED) is 0.126. The van der Waals surface area contributed by atoms with Crippen molar-refractivity contribution in [2.24, 2.45) is 0 Å². The van der Waals surface area contributed by atoms with Crippen LogP contribution in [-0.2, 0) is 0 Å². The van der Waals surface area contributed by atoms with E-state index in [1.54, 1.807) is 0 Å². The maximum atomic E-state index is 6.30. The number of benzene rings is 18. The van der Waals surface area contributed by atoms with Crippen LogP contribution in [0.15, 0.2) is 393 Å². The summed E-state index contributed by atoms with van der Waals surface area (Å²) in [7, 11) is 0. The Morgan fingerprint density at radius 1 is 0.185 bits per heavy atom. The lowest BCUT2D eigenvalue weighted by molar-refractivity contribution is 0.669. The van der Waals surface area contributed by atoms with Crippen LogP contribution in [0.4, 0.5) is 0 Å². The molecule has 0 radical (unpaired) electrons. The number of thiophene rings is 2. The van der Waals surface area contributed by atoms with Gasteiger partial charge in [0.1, 0.15) is 11.2 Å². The zero-order chi connectivity index (χ0) is 78.2. The Bertz CT molecular complexity index is 8400. The van der Waals surface area contributed by atoms with Gasteiger partial charge in [0, 0.05) is 106 Å². The van der Waals surface area contributed by atoms with Crippen molar-refractivity contribution < 1.29 is 4.42 Å². The van der Waals surface area contributed by atoms with Crippen LogP contribution in [0.2, 0.25) is 0 Å². The van der Waals surface area contributed by atoms with E-state index >= 15 is 0 Å². The Balaban J connectivity index is 0.000000136. The maximum absolute atomic E-state index is 6.30. The molecule has 9 nitrogen and oxygen atoms in total. The minimum absolute atomic E-state index is 0.583. The molecule has 0 aliphatic heterocycles. The van der Waals surface area contributed by atoms with Crippen molar-refractivity contribution in [3.63, 3.8) is 0 Å². The van der Waals surface area contributed by atoms with Gasteiger partial charge < -0.3 is 13.6 Å². The number of hydrogen-bond donors (Lipinski definition) is 0. The third-order valence-corrected chi connectivity index (χ3v) is 25.9. The van der Waals surface area contributed by atoms with Crippen LogP contribution in [0.3, 0.4) is 0 Å². The molecular formula is C108H64N8OS2. The normalized spacial score (nSPS) is 11.9. The number of rotatable bonds is 10. The van der Waals surface area contributed by atoms with E-state index in [1.807, 2.05) is 95.5 Å². The van der Waals surface area contributed by atoms with Gasteiger partial charge in [-0.15, -0.1) is 22.7 Å². The number of furan rings is 1. The molecule has 0 amide bonds. The van der Waals surface area contributed by atoms with E-state index in [1.165, 1.54) is 116 Å². The zero-order valence-corrected chi connectivity index (χ0v) is 65.4. The smallest absolute Gasteiger partial charge is 0.166 e. The second kappa shape index (κ2) is 27.7. The second-order valence-electron chi connectivity index (χ2n) is 30.3. The monoisotopic (exact) mass is 1550 g/mol. The summed E-state index contributed by atoms with van der Waals surface area (Å²) in [6, 6.07) is 138. The molecule has 7 aromatic heterocycles. The van der Waals surface area contributed by atoms with Gasteiger partial charge in [-0.05, 0) is 140 Å². The standard InChI is InChI=1S/C57H34N4S.C51H30N4OS/c1-3-16-35(17-4-1)38-26-15-27-45-49-33-48-44-24-11-13-28-50(44)61(52(48)34-53(49)62-54(38)45)51-29-14-12-25-46(51)57-59-55(36-18-5-2-6-19-36)58-56(60-57)37-30-31-43-41-22-8-7-20-39(41)40-21-9-10-23-42(40)47(43)32-37;1-3-14-31(15-4-1)34-21-13-22-38-41-29-40-35-18-7-10-23-42(35)55(44(40)30-47(41)57-48(34)38)43-24-11-8-20-39(43)51-53-49(32-16-5-2-6-17-32)52-50(54-51)33-26-27-37-36-19-9-12-25-45(36)56-46(37)28-33/h1-34H;1-30H. The van der Waals surface area contributed by atoms with Gasteiger partial charge in [0.15, 0.2) is 34.9 Å². The van der Waals surface area contributed by atoms with Crippen LogP contribution in [0.1, 0.15) is 0 Å². The van der Waals surface area contributed by atoms with Crippen molar-refractivity contribution in [2.75, 3.05) is 0 Å². The third-order valence-electron chi connectivity index (χ3n) is 23.5. The van der Waals surface area contributed by atoms with Crippen molar-refractivity contribution in [1.29, 1.82) is 0 Å². The lowest BCUT2D eigenvalue weighted by atomic mass is 9.93. The van der Waals surface area contributed by atoms with Crippen LogP contribution < -0.4 is 0 Å². The predicted molar refractivity (Wildman–Crippen MR) is 497 cm³/mol. The Morgan fingerprint density at radius 2 is 0.521 bits per heavy atom. The fraction of sp³-hybridized carbons (Fsp3) is 0. The molecule has 11 heteroatoms. The summed E-state index contributed by atoms with van der Waals surface area (Å²) >= 11 is 3.73. The molecule has 0 aliphatic rings. The second-order valence-corrected chi connectivity index (χ2v) is 32.4. The topological polar surface area (TPSA) is 100 Å². The molecule has 25 rings (SSSR count). The molecule has 25 aromatic rings. The highest BCUT2D eigenvalue weighted by Gasteiger charge is 2.26. The van der Waals surface area contributed by atoms with Crippen molar-refractivity contribution in [2.45, 2.75) is 0 Å². The van der Waals surface area contributed by atoms with Gasteiger partial charge >= 0.3 is 0 Å². The number of aromatic nitrogens is 8. The summed E-state index contributed by atoms with van der Waals surface area (Å²) < 4.78 is 16.2. The molecule has 0 saturated carbocycles. The van der Waals surface area contributed by atoms with Crippen LogP contribution in [-0.4, -0.2) is 39.0 Å². The first kappa shape index (κ1) is 68.0. The van der Waals surface area contributed by atoms with Gasteiger partial charge in [-0.1, -0.05) is 303 Å². The van der Waals surface area contributed by atoms with Crippen molar-refractivity contribution >= 4 is 161 Å². The summed E-state index contributed by atoms with van der Waals surface area (Å²) in [5.74, 6) is 3.67. The lowest BCUT2D eigenvalue weighted by Crippen LogP contribution is -2.03. The highest BCUT2D eigenvalue weighted by molar-refractivity contribution is 7.27. The minimum atomic E-state index is 0.583. The lowest BCUT2D eigenvalue weighted by Gasteiger charge is -2.15. The molecule has 0 saturated heterocycles. The first-order chi connectivity index (χ1) is 59.0. The zero-order valence-electron chi connectivity index (χ0n) is 63.8. The molecule has 0 bridgehead atoms. The van der Waals surface area contributed by atoms with Crippen LogP contribution in [0.25, 0.3) is 240 Å². The third kappa shape index (κ3) is 11.3. The predicted octanol–water partition coefficient (Wildman–Crippen LogP) is 29.4. The Hall–Kier alpha value is -15.4. The Kier molecular flexibility index (Phi) is 15.8. The number of hydrogen-bond acceptors (Lipinski definition) is 9. The number of para-hydroxylation sites is 5. The van der Waals surface area contributed by atoms with E-state index in [4.69, 9.17) is 34.3 Å². The van der Waals surface area contributed by atoms with Gasteiger partial charge in [-0.25, -0.2) is 29.9 Å². The molecule has 0 atom stereocenters. The molecule has 0 unspecified atom stereocenters. The first-order valence-electron chi connectivity index (χ1n) is 40.0. The van der Waals surface area contributed by atoms with Gasteiger partial charge in [0.25, 0.3) is 0 Å². The number of nitrogens with zero attached hydrogens (tertiary/aromatic N) is 8. The Morgan fingerprint density at radius 3 is 1.00 bits per heavy atom. The summed E-state index contributed by atoms with van der Waals surface area (Å²) in [6.07, 6.45) is 0. The van der Waals surface area contributed by atoms with Gasteiger partial charge in [0.2, 0.25) is 0 Å². The number of fused-ring (bicyclic) bond motifs is 21. The van der Waals surface area contributed by atoms with Crippen LogP contribution in [0.5, 0.6) is 0 Å². The summed E-state index contributed by atoms with van der Waals surface area (Å²) in [6.45, 7) is 0. The molecule has 554 valence electrons. The van der Waals surface area contributed by atoms with E-state index in [0.717, 1.165) is 88.8 Å². The highest BCUT2D eigenvalue weighted by Crippen LogP contribution is 2.49. The van der Waals surface area contributed by atoms with Crippen molar-refractivity contribution in [3.8, 4) is 102 Å². The van der Waals surface area contributed by atoms with Crippen molar-refractivity contribution in [3.05, 3.63) is 388 Å². The van der Waals surface area contributed by atoms with Gasteiger partial charge in [-0.3, -0.25) is 0 Å². The van der Waals surface area contributed by atoms with E-state index in [-0.39, 0.29) is 0 Å². The average Bonchev–Trinajstić information content (AvgIpc) is 1.56. The summed E-state index contributed by atoms with van der Waals surface area (Å²) in [5.41, 5.74) is 18.7. The van der Waals surface area contributed by atoms with E-state index in [9.17, 15) is 0 Å². The molecule has 0 fully saturated rings. The molecule has 0 N–H and O–H groups in total. The molecular weight excluding hydrogens is 1490 g/mol. The average molecular weight is 1550 g/mol. The van der Waals surface area contributed by atoms with E-state index in [2.05, 4.69) is 325 Å². The maximum Gasteiger partial charge on any atom is 0.166 e. The summed E-state index contributed by atoms with van der Waals surface area (Å²) in [4.78, 5) is 31.3. The molecule has 7 heterocycles. The largest absolute Gasteiger partial charge is 0.456 e. The Labute approximate surface area is 689 Å². The molecule has 0 aliphatic carbocycles. The first-order valence-corrected chi connectivity index (χ1v) is 41.6. The van der Waals surface area contributed by atoms with Gasteiger partial charge in [0.05, 0.1) is 33.4 Å². The fourth-order valence-corrected chi connectivity index (χ4v) is 20.5. The fourth-order valence-electron chi connectivity index (χ4n) is 18.0. The van der Waals surface area contributed by atoms with Gasteiger partial charge in [-0.2, -0.15) is 0 Å². The minimum Gasteiger partial charge on any atom is -0.456 e. The highest BCUT2D eigenvalue weighted by atomic mass is 32.1. The SMILES string of the molecule is c1ccc(-c2nc(-c3ccc4c(c3)oc3ccccc34)nc(-c3ccccc3-n3c4ccccc4c4cc5c(cc43)sc3c(-c4ccccc4)cccc35)n2)cc1.c1ccc(-c2nc(-c3ccc4c5ccccc5c5ccccc5c4c3)nc(-c3ccccc3-n3c4ccccc4c4cc5c(cc43)sc3c(-c4ccccc4)cccc35)n2)cc1. The molecule has 0 spiro atoms. The summed E-state index contributed by atoms with van der Waals surface area (Å²) in [5, 5.41) is 19.4. The molecule has 119 heavy (non-hydrogen) atoms. The van der Waals surface area contributed by atoms with E-state index in [0.29, 0.717) is 34.9 Å².